The maximum atomic E-state index is 13.0. The van der Waals surface area contributed by atoms with Crippen LogP contribution in [0.15, 0.2) is 30.3 Å². The second kappa shape index (κ2) is 18.2. The molecule has 2 aliphatic rings. The summed E-state index contributed by atoms with van der Waals surface area (Å²) >= 11 is 1.84. The van der Waals surface area contributed by atoms with E-state index in [2.05, 4.69) is 31.9 Å². The van der Waals surface area contributed by atoms with E-state index in [9.17, 15) is 28.8 Å². The molecule has 2 saturated heterocycles. The van der Waals surface area contributed by atoms with Gasteiger partial charge in [0.05, 0.1) is 18.1 Å². The van der Waals surface area contributed by atoms with Crippen LogP contribution in [0, 0.1) is 5.92 Å². The fraction of sp³-hybridized carbons (Fsp3) is 0.613. The number of fused-ring (bicyclic) bond motifs is 1. The summed E-state index contributed by atoms with van der Waals surface area (Å²) in [7, 11) is 0. The maximum absolute atomic E-state index is 13.0. The molecule has 1 aromatic rings. The fourth-order valence-corrected chi connectivity index (χ4v) is 6.76. The molecule has 0 aliphatic carbocycles. The number of unbranched alkanes of at least 4 members (excludes halogenated alkanes) is 1. The number of rotatable bonds is 18. The van der Waals surface area contributed by atoms with Gasteiger partial charge in [-0.2, -0.15) is 11.8 Å². The first-order valence-electron chi connectivity index (χ1n) is 15.6. The van der Waals surface area contributed by atoms with E-state index in [1.807, 2.05) is 55.9 Å². The largest absolute Gasteiger partial charge is 0.445 e. The number of carbonyl (C=O) groups excluding carboxylic acids is 6. The first kappa shape index (κ1) is 35.7. The summed E-state index contributed by atoms with van der Waals surface area (Å²) in [5, 5.41) is 16.6. The number of ketones is 1. The molecule has 1 aromatic carbocycles. The van der Waals surface area contributed by atoms with E-state index < -0.39 is 35.8 Å². The minimum atomic E-state index is -1.08. The number of amides is 6. The van der Waals surface area contributed by atoms with E-state index in [1.54, 1.807) is 6.92 Å². The van der Waals surface area contributed by atoms with Crippen LogP contribution in [0.2, 0.25) is 0 Å². The third-order valence-corrected chi connectivity index (χ3v) is 9.12. The average Bonchev–Trinajstić information content (AvgIpc) is 3.57. The molecule has 0 aromatic heterocycles. The number of alkyl carbamates (subject to hydrolysis) is 1. The van der Waals surface area contributed by atoms with Gasteiger partial charge in [0.15, 0.2) is 0 Å². The lowest BCUT2D eigenvalue weighted by atomic mass is 10.0. The lowest BCUT2D eigenvalue weighted by Crippen LogP contribution is -2.54. The van der Waals surface area contributed by atoms with Crippen LogP contribution in [0.3, 0.4) is 0 Å². The van der Waals surface area contributed by atoms with Crippen LogP contribution in [-0.2, 0) is 30.5 Å². The number of hydrogen-bond donors (Lipinski definition) is 6. The lowest BCUT2D eigenvalue weighted by molar-refractivity contribution is -0.140. The minimum absolute atomic E-state index is 0.0415. The quantitative estimate of drug-likeness (QED) is 0.0792. The summed E-state index contributed by atoms with van der Waals surface area (Å²) in [6, 6.07) is 7.31. The van der Waals surface area contributed by atoms with Crippen LogP contribution in [0.25, 0.3) is 0 Å². The first-order valence-corrected chi connectivity index (χ1v) is 16.7. The summed E-state index contributed by atoms with van der Waals surface area (Å²) in [6.45, 7) is 5.71. The van der Waals surface area contributed by atoms with E-state index in [0.29, 0.717) is 24.5 Å². The van der Waals surface area contributed by atoms with Crippen LogP contribution >= 0.6 is 11.8 Å². The van der Waals surface area contributed by atoms with E-state index in [4.69, 9.17) is 4.74 Å². The van der Waals surface area contributed by atoms with Crippen LogP contribution in [-0.4, -0.2) is 83.9 Å². The van der Waals surface area contributed by atoms with Gasteiger partial charge in [0.2, 0.25) is 17.6 Å². The zero-order valence-corrected chi connectivity index (χ0v) is 27.0. The van der Waals surface area contributed by atoms with Gasteiger partial charge < -0.3 is 36.6 Å². The van der Waals surface area contributed by atoms with Crippen molar-refractivity contribution in [1.82, 2.24) is 31.9 Å². The number of benzene rings is 1. The smallest absolute Gasteiger partial charge is 0.408 e. The molecule has 0 saturated carbocycles. The Balaban J connectivity index is 1.33. The van der Waals surface area contributed by atoms with Gasteiger partial charge in [0.1, 0.15) is 12.6 Å². The highest BCUT2D eigenvalue weighted by atomic mass is 32.2. The normalized spacial score (nSPS) is 19.8. The Labute approximate surface area is 268 Å². The minimum Gasteiger partial charge on any atom is -0.445 e. The molecule has 13 nitrogen and oxygen atoms in total. The van der Waals surface area contributed by atoms with Crippen LogP contribution in [0.4, 0.5) is 9.59 Å². The molecule has 0 radical (unpaired) electrons. The topological polar surface area (TPSA) is 184 Å². The van der Waals surface area contributed by atoms with Gasteiger partial charge >= 0.3 is 12.1 Å². The van der Waals surface area contributed by atoms with Crippen LogP contribution in [0.5, 0.6) is 0 Å². The number of ether oxygens (including phenoxy) is 1. The van der Waals surface area contributed by atoms with Gasteiger partial charge in [0.25, 0.3) is 5.91 Å². The molecule has 2 fully saturated rings. The van der Waals surface area contributed by atoms with E-state index >= 15 is 0 Å². The molecule has 14 heteroatoms. The number of nitrogens with one attached hydrogen (secondary N) is 6. The zero-order valence-electron chi connectivity index (χ0n) is 26.2. The highest BCUT2D eigenvalue weighted by molar-refractivity contribution is 8.00. The molecule has 6 amide bonds. The average molecular weight is 647 g/mol. The maximum Gasteiger partial charge on any atom is 0.408 e. The standard InChI is InChI=1S/C31H46N6O7S/c1-4-21(34-28(40)22(16-19(2)3)36-31(43)44-17-20-10-6-5-7-11-20)27(39)29(41)33-15-14-32-25(38)13-9-8-12-24-26-23(18-45-24)35-30(42)37-26/h5-7,10-11,19,21-24,26H,4,8-9,12-18H2,1-3H3,(H,32,38)(H,33,41)(H,34,40)(H,36,43)(H2,35,37,42)/t21?,22-,23-,24-,26-/m0/s1. The zero-order chi connectivity index (χ0) is 32.8. The van der Waals surface area contributed by atoms with Crippen molar-refractivity contribution >= 4 is 47.4 Å². The predicted molar refractivity (Wildman–Crippen MR) is 170 cm³/mol. The second-order valence-corrected chi connectivity index (χ2v) is 13.0. The molecule has 2 aliphatic heterocycles. The molecule has 5 atom stereocenters. The SMILES string of the molecule is CCC(NC(=O)[C@H](CC(C)C)NC(=O)OCc1ccccc1)C(=O)C(=O)NCCNC(=O)CCCC[C@@H]1SC[C@@H]2NC(=O)N[C@@H]21. The molecule has 2 heterocycles. The predicted octanol–water partition coefficient (Wildman–Crippen LogP) is 1.75. The Kier molecular flexibility index (Phi) is 14.4. The monoisotopic (exact) mass is 646 g/mol. The molecule has 0 bridgehead atoms. The first-order chi connectivity index (χ1) is 21.6. The van der Waals surface area contributed by atoms with Gasteiger partial charge in [-0.25, -0.2) is 9.59 Å². The van der Waals surface area contributed by atoms with Crippen molar-refractivity contribution in [2.24, 2.45) is 5.92 Å². The highest BCUT2D eigenvalue weighted by Gasteiger charge is 2.42. The third-order valence-electron chi connectivity index (χ3n) is 7.61. The van der Waals surface area contributed by atoms with Gasteiger partial charge in [-0.15, -0.1) is 0 Å². The van der Waals surface area contributed by atoms with Crippen molar-refractivity contribution < 1.29 is 33.5 Å². The Morgan fingerprint density at radius 2 is 1.71 bits per heavy atom. The highest BCUT2D eigenvalue weighted by Crippen LogP contribution is 2.33. The Morgan fingerprint density at radius 1 is 0.978 bits per heavy atom. The van der Waals surface area contributed by atoms with Crippen molar-refractivity contribution in [3.8, 4) is 0 Å². The molecule has 248 valence electrons. The van der Waals surface area contributed by atoms with E-state index in [-0.39, 0.29) is 56.1 Å². The van der Waals surface area contributed by atoms with Gasteiger partial charge in [0, 0.05) is 30.5 Å². The van der Waals surface area contributed by atoms with Crippen LogP contribution < -0.4 is 31.9 Å². The van der Waals surface area contributed by atoms with Crippen molar-refractivity contribution in [3.63, 3.8) is 0 Å². The number of hydrogen-bond acceptors (Lipinski definition) is 8. The molecular formula is C31H46N6O7S. The summed E-state index contributed by atoms with van der Waals surface area (Å²) < 4.78 is 5.24. The molecule has 45 heavy (non-hydrogen) atoms. The molecular weight excluding hydrogens is 600 g/mol. The summed E-state index contributed by atoms with van der Waals surface area (Å²) in [5.74, 6) is -1.46. The van der Waals surface area contributed by atoms with E-state index in [1.165, 1.54) is 0 Å². The number of Topliss-reactive ketones (excluding diaryl/α,β-unsaturated/α-hetero) is 1. The fourth-order valence-electron chi connectivity index (χ4n) is 5.22. The lowest BCUT2D eigenvalue weighted by Gasteiger charge is -2.23. The Hall–Kier alpha value is -3.81. The van der Waals surface area contributed by atoms with Gasteiger partial charge in [-0.3, -0.25) is 19.2 Å². The van der Waals surface area contributed by atoms with Gasteiger partial charge in [-0.05, 0) is 37.2 Å². The number of thioether (sulfide) groups is 1. The van der Waals surface area contributed by atoms with Crippen LogP contribution in [0.1, 0.15) is 64.9 Å². The molecule has 6 N–H and O–H groups in total. The summed E-state index contributed by atoms with van der Waals surface area (Å²) in [5.41, 5.74) is 0.798. The summed E-state index contributed by atoms with van der Waals surface area (Å²) in [6.07, 6.45) is 2.55. The molecule has 3 rings (SSSR count). The Morgan fingerprint density at radius 3 is 2.42 bits per heavy atom. The number of urea groups is 1. The van der Waals surface area contributed by atoms with Crippen molar-refractivity contribution in [2.45, 2.75) is 95.3 Å². The van der Waals surface area contributed by atoms with Gasteiger partial charge in [-0.1, -0.05) is 57.5 Å². The molecule has 0 spiro atoms. The van der Waals surface area contributed by atoms with E-state index in [0.717, 1.165) is 24.2 Å². The Bertz CT molecular complexity index is 1180. The summed E-state index contributed by atoms with van der Waals surface area (Å²) in [4.78, 5) is 74.4. The third kappa shape index (κ3) is 11.9. The van der Waals surface area contributed by atoms with Crippen molar-refractivity contribution in [2.75, 3.05) is 18.8 Å². The van der Waals surface area contributed by atoms with Crippen molar-refractivity contribution in [3.05, 3.63) is 35.9 Å². The second-order valence-electron chi connectivity index (χ2n) is 11.7. The van der Waals surface area contributed by atoms with Crippen molar-refractivity contribution in [1.29, 1.82) is 0 Å². The molecule has 1 unspecified atom stereocenters. The number of carbonyl (C=O) groups is 6.